The molecule has 1 aliphatic carbocycles. The molecule has 1 aromatic rings. The topological polar surface area (TPSA) is 38.5 Å². The molecule has 2 rings (SSSR count). The van der Waals surface area contributed by atoms with Gasteiger partial charge in [0.15, 0.2) is 0 Å². The minimum absolute atomic E-state index is 0.232. The Morgan fingerprint density at radius 1 is 1.35 bits per heavy atom. The highest BCUT2D eigenvalue weighted by Crippen LogP contribution is 2.36. The van der Waals surface area contributed by atoms with Crippen LogP contribution in [0, 0.1) is 5.41 Å². The molecule has 0 bridgehead atoms. The van der Waals surface area contributed by atoms with E-state index >= 15 is 0 Å². The molecular weight excluding hydrogens is 248 g/mol. The zero-order valence-corrected chi connectivity index (χ0v) is 13.2. The van der Waals surface area contributed by atoms with Crippen molar-refractivity contribution in [3.8, 4) is 5.75 Å². The fraction of sp³-hybridized carbons (Fsp3) is 0.647. The van der Waals surface area contributed by atoms with Gasteiger partial charge in [0.25, 0.3) is 0 Å². The zero-order valence-electron chi connectivity index (χ0n) is 13.2. The summed E-state index contributed by atoms with van der Waals surface area (Å²) >= 11 is 0. The van der Waals surface area contributed by atoms with E-state index in [1.807, 2.05) is 12.1 Å². The summed E-state index contributed by atoms with van der Waals surface area (Å²) in [5, 5.41) is 0. The first-order valence-corrected chi connectivity index (χ1v) is 7.53. The first-order valence-electron chi connectivity index (χ1n) is 7.53. The SMILES string of the molecule is COc1ccccc1CN(C)C1CCCC(C)(C)C1N. The third-order valence-electron chi connectivity index (χ3n) is 4.82. The Balaban J connectivity index is 2.09. The van der Waals surface area contributed by atoms with Gasteiger partial charge in [0.1, 0.15) is 5.75 Å². The first-order chi connectivity index (χ1) is 9.45. The Bertz CT molecular complexity index is 444. The summed E-state index contributed by atoms with van der Waals surface area (Å²) in [6.45, 7) is 5.47. The van der Waals surface area contributed by atoms with E-state index in [1.54, 1.807) is 7.11 Å². The number of para-hydroxylation sites is 1. The highest BCUT2D eigenvalue weighted by Gasteiger charge is 2.38. The molecule has 0 aromatic heterocycles. The summed E-state index contributed by atoms with van der Waals surface area (Å²) in [6.07, 6.45) is 3.69. The molecule has 0 aliphatic heterocycles. The summed E-state index contributed by atoms with van der Waals surface area (Å²) in [4.78, 5) is 2.39. The fourth-order valence-corrected chi connectivity index (χ4v) is 3.35. The van der Waals surface area contributed by atoms with Crippen LogP contribution in [-0.4, -0.2) is 31.1 Å². The van der Waals surface area contributed by atoms with Gasteiger partial charge in [-0.1, -0.05) is 38.5 Å². The van der Waals surface area contributed by atoms with E-state index in [2.05, 4.69) is 37.9 Å². The predicted octanol–water partition coefficient (Wildman–Crippen LogP) is 3.03. The van der Waals surface area contributed by atoms with Crippen molar-refractivity contribution in [3.63, 3.8) is 0 Å². The van der Waals surface area contributed by atoms with Crippen molar-refractivity contribution in [2.24, 2.45) is 11.1 Å². The molecule has 3 nitrogen and oxygen atoms in total. The zero-order chi connectivity index (χ0) is 14.8. The Morgan fingerprint density at radius 3 is 2.75 bits per heavy atom. The van der Waals surface area contributed by atoms with Crippen LogP contribution >= 0.6 is 0 Å². The number of rotatable bonds is 4. The van der Waals surface area contributed by atoms with E-state index < -0.39 is 0 Å². The number of nitrogens with zero attached hydrogens (tertiary/aromatic N) is 1. The van der Waals surface area contributed by atoms with Crippen LogP contribution in [0.4, 0.5) is 0 Å². The van der Waals surface area contributed by atoms with Crippen molar-refractivity contribution in [1.82, 2.24) is 4.90 Å². The van der Waals surface area contributed by atoms with Crippen LogP contribution in [-0.2, 0) is 6.54 Å². The van der Waals surface area contributed by atoms with Gasteiger partial charge < -0.3 is 10.5 Å². The van der Waals surface area contributed by atoms with Crippen molar-refractivity contribution in [3.05, 3.63) is 29.8 Å². The van der Waals surface area contributed by atoms with Gasteiger partial charge in [-0.3, -0.25) is 4.90 Å². The van der Waals surface area contributed by atoms with E-state index in [4.69, 9.17) is 10.5 Å². The van der Waals surface area contributed by atoms with Crippen LogP contribution in [0.1, 0.15) is 38.7 Å². The molecule has 1 aliphatic rings. The third-order valence-corrected chi connectivity index (χ3v) is 4.82. The lowest BCUT2D eigenvalue weighted by molar-refractivity contribution is 0.0800. The van der Waals surface area contributed by atoms with Gasteiger partial charge in [-0.2, -0.15) is 0 Å². The monoisotopic (exact) mass is 276 g/mol. The molecular formula is C17H28N2O. The smallest absolute Gasteiger partial charge is 0.123 e. The minimum atomic E-state index is 0.232. The van der Waals surface area contributed by atoms with E-state index in [0.717, 1.165) is 12.3 Å². The van der Waals surface area contributed by atoms with Crippen LogP contribution in [0.25, 0.3) is 0 Å². The number of benzene rings is 1. The molecule has 2 N–H and O–H groups in total. The molecule has 20 heavy (non-hydrogen) atoms. The minimum Gasteiger partial charge on any atom is -0.496 e. The van der Waals surface area contributed by atoms with E-state index in [9.17, 15) is 0 Å². The number of hydrogen-bond acceptors (Lipinski definition) is 3. The van der Waals surface area contributed by atoms with E-state index in [1.165, 1.54) is 24.8 Å². The number of nitrogens with two attached hydrogens (primary N) is 1. The van der Waals surface area contributed by atoms with Gasteiger partial charge >= 0.3 is 0 Å². The van der Waals surface area contributed by atoms with Gasteiger partial charge in [-0.05, 0) is 31.4 Å². The van der Waals surface area contributed by atoms with Crippen LogP contribution in [0.2, 0.25) is 0 Å². The Kier molecular flexibility index (Phi) is 4.71. The Labute approximate surface area is 123 Å². The number of hydrogen-bond donors (Lipinski definition) is 1. The second kappa shape index (κ2) is 6.15. The summed E-state index contributed by atoms with van der Waals surface area (Å²) in [5.41, 5.74) is 7.97. The van der Waals surface area contributed by atoms with Gasteiger partial charge in [-0.15, -0.1) is 0 Å². The van der Waals surface area contributed by atoms with Gasteiger partial charge in [0.05, 0.1) is 7.11 Å². The maximum Gasteiger partial charge on any atom is 0.123 e. The maximum absolute atomic E-state index is 6.51. The molecule has 0 amide bonds. The quantitative estimate of drug-likeness (QED) is 0.918. The predicted molar refractivity (Wildman–Crippen MR) is 83.9 cm³/mol. The number of ether oxygens (including phenoxy) is 1. The molecule has 1 saturated carbocycles. The van der Waals surface area contributed by atoms with Gasteiger partial charge in [0.2, 0.25) is 0 Å². The van der Waals surface area contributed by atoms with Crippen LogP contribution in [0.15, 0.2) is 24.3 Å². The molecule has 0 saturated heterocycles. The first kappa shape index (κ1) is 15.3. The van der Waals surface area contributed by atoms with Crippen LogP contribution in [0.3, 0.4) is 0 Å². The second-order valence-electron chi connectivity index (χ2n) is 6.70. The highest BCUT2D eigenvalue weighted by atomic mass is 16.5. The molecule has 1 fully saturated rings. The van der Waals surface area contributed by atoms with Crippen molar-refractivity contribution >= 4 is 0 Å². The maximum atomic E-state index is 6.51. The molecule has 2 atom stereocenters. The van der Waals surface area contributed by atoms with E-state index in [0.29, 0.717) is 6.04 Å². The molecule has 0 heterocycles. The standard InChI is InChI=1S/C17H28N2O/c1-17(2)11-7-9-14(16(17)18)19(3)12-13-8-5-6-10-15(13)20-4/h5-6,8,10,14,16H,7,9,11-12,18H2,1-4H3. The van der Waals surface area contributed by atoms with Crippen LogP contribution in [0.5, 0.6) is 5.75 Å². The third kappa shape index (κ3) is 3.15. The summed E-state index contributed by atoms with van der Waals surface area (Å²) < 4.78 is 5.44. The average Bonchev–Trinajstić information content (AvgIpc) is 2.42. The van der Waals surface area contributed by atoms with Gasteiger partial charge in [0, 0.05) is 24.2 Å². The van der Waals surface area contributed by atoms with Crippen molar-refractivity contribution < 1.29 is 4.74 Å². The highest BCUT2D eigenvalue weighted by molar-refractivity contribution is 5.33. The van der Waals surface area contributed by atoms with Crippen molar-refractivity contribution in [2.45, 2.75) is 51.7 Å². The lowest BCUT2D eigenvalue weighted by Gasteiger charge is -2.45. The fourth-order valence-electron chi connectivity index (χ4n) is 3.35. The van der Waals surface area contributed by atoms with Crippen LogP contribution < -0.4 is 10.5 Å². The second-order valence-corrected chi connectivity index (χ2v) is 6.70. The molecule has 112 valence electrons. The van der Waals surface area contributed by atoms with E-state index in [-0.39, 0.29) is 11.5 Å². The largest absolute Gasteiger partial charge is 0.496 e. The summed E-state index contributed by atoms with van der Waals surface area (Å²) in [7, 11) is 3.91. The molecule has 1 aromatic carbocycles. The summed E-state index contributed by atoms with van der Waals surface area (Å²) in [5.74, 6) is 0.961. The molecule has 2 unspecified atom stereocenters. The number of likely N-dealkylation sites (N-methyl/N-ethyl adjacent to an activating group) is 1. The normalized spacial score (nSPS) is 25.7. The summed E-state index contributed by atoms with van der Waals surface area (Å²) in [6, 6.07) is 8.91. The lowest BCUT2D eigenvalue weighted by Crippen LogP contribution is -2.55. The van der Waals surface area contributed by atoms with Gasteiger partial charge in [-0.25, -0.2) is 0 Å². The van der Waals surface area contributed by atoms with Crippen molar-refractivity contribution in [2.75, 3.05) is 14.2 Å². The van der Waals surface area contributed by atoms with Crippen molar-refractivity contribution in [1.29, 1.82) is 0 Å². The Hall–Kier alpha value is -1.06. The average molecular weight is 276 g/mol. The Morgan fingerprint density at radius 2 is 2.05 bits per heavy atom. The molecule has 0 spiro atoms. The lowest BCUT2D eigenvalue weighted by atomic mass is 9.71. The molecule has 3 heteroatoms. The molecule has 0 radical (unpaired) electrons. The number of methoxy groups -OCH3 is 1.